The molecule has 3 rings (SSSR count). The number of carbonyl (C=O) groups is 2. The lowest BCUT2D eigenvalue weighted by Gasteiger charge is -2.43. The first kappa shape index (κ1) is 17.6. The van der Waals surface area contributed by atoms with Crippen LogP contribution in [-0.2, 0) is 14.3 Å². The Kier molecular flexibility index (Phi) is 4.66. The van der Waals surface area contributed by atoms with Crippen molar-refractivity contribution in [3.05, 3.63) is 48.0 Å². The first-order chi connectivity index (χ1) is 12.0. The van der Waals surface area contributed by atoms with Crippen LogP contribution in [0.4, 0.5) is 0 Å². The fourth-order valence-corrected chi connectivity index (χ4v) is 3.00. The lowest BCUT2D eigenvalue weighted by atomic mass is 9.80. The van der Waals surface area contributed by atoms with Gasteiger partial charge >= 0.3 is 0 Å². The van der Waals surface area contributed by atoms with Crippen molar-refractivity contribution in [2.24, 2.45) is 10.9 Å². The highest BCUT2D eigenvalue weighted by Crippen LogP contribution is 2.35. The molecule has 0 aromatic heterocycles. The number of nitrogens with zero attached hydrogens (tertiary/aromatic N) is 1. The number of aliphatic hydroxyl groups excluding tert-OH is 2. The first-order valence-electron chi connectivity index (χ1n) is 7.85. The Labute approximate surface area is 144 Å². The number of allylic oxidation sites excluding steroid dienone is 1. The van der Waals surface area contributed by atoms with Crippen LogP contribution in [0, 0.1) is 5.92 Å². The smallest absolute Gasteiger partial charge is 0.274 e. The second kappa shape index (κ2) is 6.61. The minimum Gasteiger partial charge on any atom is -0.394 e. The molecule has 2 unspecified atom stereocenters. The van der Waals surface area contributed by atoms with Gasteiger partial charge in [-0.3, -0.25) is 14.6 Å². The van der Waals surface area contributed by atoms with Crippen LogP contribution in [0.2, 0.25) is 0 Å². The largest absolute Gasteiger partial charge is 0.394 e. The van der Waals surface area contributed by atoms with E-state index in [-0.39, 0.29) is 18.1 Å². The number of aliphatic hydroxyl groups is 2. The minimum absolute atomic E-state index is 0.0469. The van der Waals surface area contributed by atoms with E-state index in [0.717, 1.165) is 0 Å². The highest BCUT2D eigenvalue weighted by Gasteiger charge is 2.55. The number of Topliss-reactive ketones (excluding diaryl/α,β-unsaturated/α-hetero) is 1. The Morgan fingerprint density at radius 3 is 2.60 bits per heavy atom. The Balaban J connectivity index is 2.13. The molecule has 0 amide bonds. The number of hydrogen-bond acceptors (Lipinski definition) is 7. The van der Waals surface area contributed by atoms with Crippen LogP contribution in [0.25, 0.3) is 0 Å². The summed E-state index contributed by atoms with van der Waals surface area (Å²) in [5.41, 5.74) is -0.827. The molecule has 0 radical (unpaired) electrons. The number of benzene rings is 1. The fraction of sp³-hybridized carbons (Fsp3) is 0.389. The first-order valence-corrected chi connectivity index (χ1v) is 7.85. The maximum absolute atomic E-state index is 12.9. The molecule has 0 saturated carbocycles. The van der Waals surface area contributed by atoms with E-state index in [4.69, 9.17) is 9.47 Å². The van der Waals surface area contributed by atoms with E-state index in [2.05, 4.69) is 4.99 Å². The maximum atomic E-state index is 12.9. The van der Waals surface area contributed by atoms with Gasteiger partial charge in [-0.05, 0) is 6.08 Å². The lowest BCUT2D eigenvalue weighted by Crippen LogP contribution is -2.63. The van der Waals surface area contributed by atoms with E-state index in [1.807, 2.05) is 0 Å². The number of rotatable bonds is 5. The zero-order valence-corrected chi connectivity index (χ0v) is 13.7. The third-order valence-electron chi connectivity index (χ3n) is 4.51. The van der Waals surface area contributed by atoms with Gasteiger partial charge in [-0.2, -0.15) is 0 Å². The molecule has 1 aromatic rings. The van der Waals surface area contributed by atoms with Gasteiger partial charge in [0.2, 0.25) is 5.78 Å². The topological polar surface area (TPSA) is 105 Å². The van der Waals surface area contributed by atoms with Crippen LogP contribution < -0.4 is 0 Å². The molecule has 1 aliphatic carbocycles. The Morgan fingerprint density at radius 2 is 2.00 bits per heavy atom. The number of aliphatic imine (C=N–C) groups is 1. The number of fused-ring (bicyclic) bond motifs is 1. The average molecular weight is 345 g/mol. The molecule has 132 valence electrons. The van der Waals surface area contributed by atoms with Crippen LogP contribution in [-0.4, -0.2) is 65.7 Å². The summed E-state index contributed by atoms with van der Waals surface area (Å²) < 4.78 is 10.9. The molecule has 1 aliphatic heterocycles. The molecule has 7 heteroatoms. The summed E-state index contributed by atoms with van der Waals surface area (Å²) in [7, 11) is 1.29. The number of ether oxygens (including phenoxy) is 2. The zero-order chi connectivity index (χ0) is 18.1. The Morgan fingerprint density at radius 1 is 1.32 bits per heavy atom. The summed E-state index contributed by atoms with van der Waals surface area (Å²) in [5, 5.41) is 19.2. The van der Waals surface area contributed by atoms with Crippen molar-refractivity contribution in [2.45, 2.75) is 11.3 Å². The molecule has 2 N–H and O–H groups in total. The van der Waals surface area contributed by atoms with Crippen LogP contribution in [0.15, 0.2) is 47.5 Å². The van der Waals surface area contributed by atoms with Crippen molar-refractivity contribution in [1.82, 2.24) is 0 Å². The zero-order valence-electron chi connectivity index (χ0n) is 13.7. The summed E-state index contributed by atoms with van der Waals surface area (Å²) in [6.07, 6.45) is 2.70. The van der Waals surface area contributed by atoms with Crippen molar-refractivity contribution in [3.63, 3.8) is 0 Å². The third kappa shape index (κ3) is 2.75. The van der Waals surface area contributed by atoms with Crippen molar-refractivity contribution >= 4 is 17.3 Å². The van der Waals surface area contributed by atoms with E-state index in [9.17, 15) is 19.8 Å². The van der Waals surface area contributed by atoms with Gasteiger partial charge < -0.3 is 19.7 Å². The standard InChI is InChI=1S/C18H19NO6/c1-24-18-14(22)8-7-13(15(23)12-5-3-2-4-6-12)16(18)19-17(9-20,10-21)11-25-18/h2-8,13,20-21H,9-11H2,1H3. The third-order valence-corrected chi connectivity index (χ3v) is 4.51. The number of ketones is 2. The molecule has 0 bridgehead atoms. The molecule has 7 nitrogen and oxygen atoms in total. The molecule has 1 heterocycles. The molecule has 1 aromatic carbocycles. The van der Waals surface area contributed by atoms with E-state index in [1.54, 1.807) is 30.3 Å². The summed E-state index contributed by atoms with van der Waals surface area (Å²) in [6.45, 7) is -1.18. The van der Waals surface area contributed by atoms with Gasteiger partial charge in [-0.1, -0.05) is 36.4 Å². The highest BCUT2D eigenvalue weighted by atomic mass is 16.7. The van der Waals surface area contributed by atoms with Gasteiger partial charge in [0.15, 0.2) is 5.78 Å². The van der Waals surface area contributed by atoms with Gasteiger partial charge in [-0.15, -0.1) is 0 Å². The normalized spacial score (nSPS) is 27.6. The predicted molar refractivity (Wildman–Crippen MR) is 88.4 cm³/mol. The Bertz CT molecular complexity index is 737. The SMILES string of the molecule is COC12OCC(CO)(CO)N=C1C(C(=O)c1ccccc1)C=CC2=O. The highest BCUT2D eigenvalue weighted by molar-refractivity contribution is 6.27. The molecule has 2 atom stereocenters. The van der Waals surface area contributed by atoms with Gasteiger partial charge in [0.1, 0.15) is 5.54 Å². The second-order valence-corrected chi connectivity index (χ2v) is 6.08. The van der Waals surface area contributed by atoms with Crippen LogP contribution in [0.1, 0.15) is 10.4 Å². The maximum Gasteiger partial charge on any atom is 0.274 e. The van der Waals surface area contributed by atoms with Crippen molar-refractivity contribution in [3.8, 4) is 0 Å². The molecule has 0 fully saturated rings. The molecule has 0 saturated heterocycles. The number of methoxy groups -OCH3 is 1. The summed E-state index contributed by atoms with van der Waals surface area (Å²) in [5.74, 6) is -3.47. The van der Waals surface area contributed by atoms with E-state index in [1.165, 1.54) is 19.3 Å². The van der Waals surface area contributed by atoms with Crippen LogP contribution >= 0.6 is 0 Å². The van der Waals surface area contributed by atoms with Crippen molar-refractivity contribution in [1.29, 1.82) is 0 Å². The average Bonchev–Trinajstić information content (AvgIpc) is 2.68. The van der Waals surface area contributed by atoms with Gasteiger partial charge in [0.25, 0.3) is 5.79 Å². The molecular weight excluding hydrogens is 326 g/mol. The molecule has 2 aliphatic rings. The number of carbonyl (C=O) groups excluding carboxylic acids is 2. The number of hydrogen-bond donors (Lipinski definition) is 2. The van der Waals surface area contributed by atoms with Gasteiger partial charge in [0, 0.05) is 12.7 Å². The van der Waals surface area contributed by atoms with Gasteiger partial charge in [0.05, 0.1) is 31.5 Å². The molecule has 0 spiro atoms. The molecule has 25 heavy (non-hydrogen) atoms. The minimum atomic E-state index is -1.81. The van der Waals surface area contributed by atoms with E-state index < -0.39 is 36.2 Å². The van der Waals surface area contributed by atoms with E-state index >= 15 is 0 Å². The lowest BCUT2D eigenvalue weighted by molar-refractivity contribution is -0.197. The monoisotopic (exact) mass is 345 g/mol. The Hall–Kier alpha value is -2.19. The quantitative estimate of drug-likeness (QED) is 0.737. The fourth-order valence-electron chi connectivity index (χ4n) is 3.00. The van der Waals surface area contributed by atoms with Crippen molar-refractivity contribution in [2.75, 3.05) is 26.9 Å². The summed E-state index contributed by atoms with van der Waals surface area (Å²) in [4.78, 5) is 29.7. The van der Waals surface area contributed by atoms with Crippen LogP contribution in [0.3, 0.4) is 0 Å². The molecular formula is C18H19NO6. The van der Waals surface area contributed by atoms with Gasteiger partial charge in [-0.25, -0.2) is 0 Å². The predicted octanol–water partition coefficient (Wildman–Crippen LogP) is 0.162. The second-order valence-electron chi connectivity index (χ2n) is 6.08. The van der Waals surface area contributed by atoms with Crippen molar-refractivity contribution < 1.29 is 29.3 Å². The summed E-state index contributed by atoms with van der Waals surface area (Å²) in [6, 6.07) is 8.59. The van der Waals surface area contributed by atoms with E-state index in [0.29, 0.717) is 5.56 Å². The van der Waals surface area contributed by atoms with Crippen LogP contribution in [0.5, 0.6) is 0 Å². The summed E-state index contributed by atoms with van der Waals surface area (Å²) >= 11 is 0.